The molecule has 0 bridgehead atoms. The van der Waals surface area contributed by atoms with Crippen molar-refractivity contribution in [2.45, 2.75) is 39.5 Å². The van der Waals surface area contributed by atoms with E-state index in [0.29, 0.717) is 30.0 Å². The lowest BCUT2D eigenvalue weighted by Crippen LogP contribution is -2.50. The number of aliphatic imine (C=N–C) groups is 1. The molecule has 0 heterocycles. The highest BCUT2D eigenvalue weighted by Crippen LogP contribution is 2.20. The lowest BCUT2D eigenvalue weighted by atomic mass is 10.2. The first kappa shape index (κ1) is 27.1. The molecule has 0 radical (unpaired) electrons. The largest absolute Gasteiger partial charge is 0.488 e. The Bertz CT molecular complexity index is 985. The van der Waals surface area contributed by atoms with Crippen molar-refractivity contribution in [3.63, 3.8) is 0 Å². The van der Waals surface area contributed by atoms with E-state index >= 15 is 0 Å². The van der Waals surface area contributed by atoms with E-state index in [1.165, 1.54) is 18.0 Å². The van der Waals surface area contributed by atoms with Gasteiger partial charge in [-0.15, -0.1) is 0 Å². The monoisotopic (exact) mass is 491 g/mol. The van der Waals surface area contributed by atoms with Crippen molar-refractivity contribution in [2.24, 2.45) is 10.7 Å². The Morgan fingerprint density at radius 3 is 2.47 bits per heavy atom. The van der Waals surface area contributed by atoms with Gasteiger partial charge in [0.15, 0.2) is 11.6 Å². The van der Waals surface area contributed by atoms with Crippen LogP contribution < -0.4 is 15.8 Å². The van der Waals surface area contributed by atoms with Gasteiger partial charge in [0.1, 0.15) is 0 Å². The summed E-state index contributed by atoms with van der Waals surface area (Å²) in [7, 11) is 1.52. The predicted octanol–water partition coefficient (Wildman–Crippen LogP) is 3.77. The van der Waals surface area contributed by atoms with Gasteiger partial charge >= 0.3 is 6.03 Å². The lowest BCUT2D eigenvalue weighted by Gasteiger charge is -2.28. The fraction of sp³-hybridized carbons (Fsp3) is 0.375. The number of rotatable bonds is 10. The van der Waals surface area contributed by atoms with E-state index in [2.05, 4.69) is 10.3 Å². The maximum absolute atomic E-state index is 14.4. The third-order valence-electron chi connectivity index (χ3n) is 4.74. The van der Waals surface area contributed by atoms with Crippen LogP contribution in [0.3, 0.4) is 0 Å². The molecule has 0 aliphatic carbocycles. The van der Waals surface area contributed by atoms with Crippen LogP contribution in [0.15, 0.2) is 47.5 Å². The molecule has 34 heavy (non-hydrogen) atoms. The van der Waals surface area contributed by atoms with E-state index in [1.807, 2.05) is 13.8 Å². The van der Waals surface area contributed by atoms with Crippen LogP contribution in [-0.4, -0.2) is 54.4 Å². The first-order valence-corrected chi connectivity index (χ1v) is 11.3. The zero-order valence-corrected chi connectivity index (χ0v) is 20.4. The molecule has 0 aliphatic heterocycles. The molecule has 0 saturated carbocycles. The van der Waals surface area contributed by atoms with Crippen molar-refractivity contribution >= 4 is 30.0 Å². The number of carbonyl (C=O) groups is 2. The number of nitrogens with zero attached hydrogens (tertiary/aromatic N) is 3. The highest BCUT2D eigenvalue weighted by molar-refractivity contribution is 6.30. The lowest BCUT2D eigenvalue weighted by molar-refractivity contribution is -0.116. The van der Waals surface area contributed by atoms with Crippen molar-refractivity contribution in [1.82, 2.24) is 15.1 Å². The smallest absolute Gasteiger partial charge is 0.333 e. The molecule has 10 heteroatoms. The van der Waals surface area contributed by atoms with Crippen LogP contribution in [0, 0.1) is 5.82 Å². The third kappa shape index (κ3) is 8.00. The van der Waals surface area contributed by atoms with Crippen molar-refractivity contribution in [3.8, 4) is 5.75 Å². The number of amides is 3. The zero-order valence-electron chi connectivity index (χ0n) is 19.6. The molecule has 0 fully saturated rings. The number of nitrogens with two attached hydrogens (primary N) is 1. The first-order valence-electron chi connectivity index (χ1n) is 10.9. The first-order chi connectivity index (χ1) is 16.3. The van der Waals surface area contributed by atoms with Crippen LogP contribution >= 0.6 is 11.6 Å². The van der Waals surface area contributed by atoms with Crippen LogP contribution in [0.2, 0.25) is 5.02 Å². The van der Waals surface area contributed by atoms with Crippen LogP contribution in [0.1, 0.15) is 31.4 Å². The molecule has 8 nitrogen and oxygen atoms in total. The number of ether oxygens (including phenoxy) is 1. The summed E-state index contributed by atoms with van der Waals surface area (Å²) in [6.45, 7) is 4.49. The molecule has 3 N–H and O–H groups in total. The second-order valence-corrected chi connectivity index (χ2v) is 8.20. The van der Waals surface area contributed by atoms with E-state index in [4.69, 9.17) is 22.1 Å². The van der Waals surface area contributed by atoms with Crippen LogP contribution in [-0.2, 0) is 17.9 Å². The zero-order chi connectivity index (χ0) is 25.1. The Balaban J connectivity index is 2.24. The molecule has 2 aromatic rings. The Labute approximate surface area is 204 Å². The minimum absolute atomic E-state index is 0.137. The summed E-state index contributed by atoms with van der Waals surface area (Å²) in [5, 5.41) is 3.64. The van der Waals surface area contributed by atoms with Crippen LogP contribution in [0.4, 0.5) is 9.18 Å². The SMILES string of the molecule is CN=C(NCc1ccc(OC(C)C)c(F)c1)N(Cc1ccc(Cl)cc1)C(=O)N(C=O)CCCN. The summed E-state index contributed by atoms with van der Waals surface area (Å²) >= 11 is 5.98. The van der Waals surface area contributed by atoms with E-state index < -0.39 is 11.8 Å². The summed E-state index contributed by atoms with van der Waals surface area (Å²) in [6, 6.07) is 11.1. The molecule has 2 aromatic carbocycles. The van der Waals surface area contributed by atoms with Gasteiger partial charge in [0.2, 0.25) is 12.4 Å². The second kappa shape index (κ2) is 13.5. The molecular weight excluding hydrogens is 461 g/mol. The van der Waals surface area contributed by atoms with Gasteiger partial charge in [-0.05, 0) is 62.2 Å². The van der Waals surface area contributed by atoms with Crippen molar-refractivity contribution in [1.29, 1.82) is 0 Å². The van der Waals surface area contributed by atoms with E-state index in [-0.39, 0.29) is 37.4 Å². The highest BCUT2D eigenvalue weighted by atomic mass is 35.5. The molecule has 3 amide bonds. The number of hydrogen-bond acceptors (Lipinski definition) is 5. The minimum Gasteiger partial charge on any atom is -0.488 e. The van der Waals surface area contributed by atoms with Gasteiger partial charge < -0.3 is 15.8 Å². The molecule has 0 unspecified atom stereocenters. The molecule has 184 valence electrons. The number of urea groups is 1. The molecule has 0 atom stereocenters. The molecule has 0 saturated heterocycles. The van der Waals surface area contributed by atoms with Crippen molar-refractivity contribution in [3.05, 3.63) is 64.4 Å². The summed E-state index contributed by atoms with van der Waals surface area (Å²) in [5.74, 6) is -0.0855. The number of halogens is 2. The number of benzene rings is 2. The van der Waals surface area contributed by atoms with Gasteiger partial charge in [0.25, 0.3) is 0 Å². The second-order valence-electron chi connectivity index (χ2n) is 7.77. The fourth-order valence-electron chi connectivity index (χ4n) is 3.10. The number of imide groups is 1. The van der Waals surface area contributed by atoms with Crippen molar-refractivity contribution < 1.29 is 18.7 Å². The molecule has 0 aromatic heterocycles. The predicted molar refractivity (Wildman–Crippen MR) is 131 cm³/mol. The molecule has 0 aliphatic rings. The van der Waals surface area contributed by atoms with E-state index in [1.54, 1.807) is 36.4 Å². The quantitative estimate of drug-likeness (QED) is 0.299. The Kier molecular flexibility index (Phi) is 10.8. The van der Waals surface area contributed by atoms with Crippen LogP contribution in [0.25, 0.3) is 0 Å². The number of guanidine groups is 1. The topological polar surface area (TPSA) is 100 Å². The Morgan fingerprint density at radius 2 is 1.91 bits per heavy atom. The molecular formula is C24H31ClFN5O3. The van der Waals surface area contributed by atoms with Crippen LogP contribution in [0.5, 0.6) is 5.75 Å². The van der Waals surface area contributed by atoms with Gasteiger partial charge in [0.05, 0.1) is 12.6 Å². The number of nitrogens with one attached hydrogen (secondary N) is 1. The average Bonchev–Trinajstić information content (AvgIpc) is 2.81. The summed E-state index contributed by atoms with van der Waals surface area (Å²) in [6.07, 6.45) is 0.794. The van der Waals surface area contributed by atoms with Gasteiger partial charge in [-0.1, -0.05) is 29.8 Å². The van der Waals surface area contributed by atoms with E-state index in [0.717, 1.165) is 10.5 Å². The van der Waals surface area contributed by atoms with Gasteiger partial charge in [-0.3, -0.25) is 19.6 Å². The molecule has 2 rings (SSSR count). The average molecular weight is 492 g/mol. The standard InChI is InChI=1S/C24H31ClFN5O3/c1-17(2)34-22-10-7-19(13-21(22)26)14-29-23(28-3)31(15-18-5-8-20(25)9-6-18)24(33)30(16-32)12-4-11-27/h5-10,13,16-17H,4,11-12,14-15,27H2,1-3H3,(H,28,29). The van der Waals surface area contributed by atoms with Crippen molar-refractivity contribution in [2.75, 3.05) is 20.1 Å². The van der Waals surface area contributed by atoms with Gasteiger partial charge in [-0.2, -0.15) is 0 Å². The maximum Gasteiger partial charge on any atom is 0.333 e. The summed E-state index contributed by atoms with van der Waals surface area (Å²) < 4.78 is 19.8. The summed E-state index contributed by atoms with van der Waals surface area (Å²) in [4.78, 5) is 31.4. The van der Waals surface area contributed by atoms with Gasteiger partial charge in [0, 0.05) is 25.2 Å². The fourth-order valence-corrected chi connectivity index (χ4v) is 3.22. The maximum atomic E-state index is 14.4. The number of hydrogen-bond donors (Lipinski definition) is 2. The third-order valence-corrected chi connectivity index (χ3v) is 4.99. The summed E-state index contributed by atoms with van der Waals surface area (Å²) in [5.41, 5.74) is 6.95. The Hall–Kier alpha value is -3.17. The highest BCUT2D eigenvalue weighted by Gasteiger charge is 2.25. The minimum atomic E-state index is -0.557. The van der Waals surface area contributed by atoms with Gasteiger partial charge in [-0.25, -0.2) is 9.18 Å². The normalized spacial score (nSPS) is 11.3. The Morgan fingerprint density at radius 1 is 1.24 bits per heavy atom. The van der Waals surface area contributed by atoms with E-state index in [9.17, 15) is 14.0 Å². The molecule has 0 spiro atoms. The number of carbonyl (C=O) groups excluding carboxylic acids is 2.